The molecule has 6 aromatic rings. The van der Waals surface area contributed by atoms with Gasteiger partial charge in [-0.25, -0.2) is 48.3 Å². The number of hydrogen-bond acceptors (Lipinski definition) is 12. The molecule has 0 aliphatic carbocycles. The molecule has 65 heavy (non-hydrogen) atoms. The number of carbonyl (C=O) groups is 2. The van der Waals surface area contributed by atoms with Crippen LogP contribution in [-0.4, -0.2) is 88.5 Å². The van der Waals surface area contributed by atoms with Crippen molar-refractivity contribution in [3.8, 4) is 22.3 Å². The first-order chi connectivity index (χ1) is 30.5. The molecule has 8 rings (SSSR count). The van der Waals surface area contributed by atoms with Gasteiger partial charge in [0.25, 0.3) is 0 Å². The number of aliphatic hydroxyl groups is 2. The van der Waals surface area contributed by atoms with Gasteiger partial charge >= 0.3 is 12.1 Å². The molecule has 0 bridgehead atoms. The lowest BCUT2D eigenvalue weighted by Gasteiger charge is -2.17. The quantitative estimate of drug-likeness (QED) is 0.0645. The van der Waals surface area contributed by atoms with Crippen LogP contribution in [-0.2, 0) is 20.7 Å². The van der Waals surface area contributed by atoms with E-state index in [2.05, 4.69) is 61.1 Å². The molecule has 0 unspecified atom stereocenters. The van der Waals surface area contributed by atoms with E-state index in [1.807, 2.05) is 13.8 Å². The Balaban J connectivity index is 0.000000232. The molecule has 2 aromatic carbocycles. The maximum Gasteiger partial charge on any atom is 0.321 e. The van der Waals surface area contributed by atoms with Gasteiger partial charge in [-0.05, 0) is 79.4 Å². The van der Waals surface area contributed by atoms with E-state index in [1.54, 1.807) is 53.7 Å². The number of aromatic nitrogens is 8. The predicted molar refractivity (Wildman–Crippen MR) is 244 cm³/mol. The first-order valence-electron chi connectivity index (χ1n) is 21.4. The minimum Gasteiger partial charge on any atom is -0.382 e. The minimum absolute atomic E-state index is 0. The van der Waals surface area contributed by atoms with Crippen LogP contribution >= 0.6 is 0 Å². The number of rotatable bonds is 10. The maximum atomic E-state index is 15.7. The fraction of sp³-hybridized carbons (Fsp3) is 0.467. The van der Waals surface area contributed by atoms with E-state index in [9.17, 15) is 19.8 Å². The summed E-state index contributed by atoms with van der Waals surface area (Å²) < 4.78 is 43.0. The third kappa shape index (κ3) is 11.4. The van der Waals surface area contributed by atoms with Gasteiger partial charge in [-0.1, -0.05) is 21.3 Å². The smallest absolute Gasteiger partial charge is 0.321 e. The summed E-state index contributed by atoms with van der Waals surface area (Å²) in [6.45, 7) is 16.0. The molecule has 2 saturated heterocycles. The molecule has 2 aliphatic rings. The number of halogens is 2. The highest BCUT2D eigenvalue weighted by molar-refractivity contribution is 5.93. The molecular formula is C45H60F2N12O6. The lowest BCUT2D eigenvalue weighted by molar-refractivity contribution is 0.0682. The lowest BCUT2D eigenvalue weighted by Crippen LogP contribution is -2.28. The summed E-state index contributed by atoms with van der Waals surface area (Å²) in [4.78, 5) is 55.4. The fourth-order valence-electron chi connectivity index (χ4n) is 7.23. The van der Waals surface area contributed by atoms with Crippen LogP contribution in [0.5, 0.6) is 0 Å². The third-order valence-electron chi connectivity index (χ3n) is 10.2. The average molecular weight is 903 g/mol. The molecule has 20 heteroatoms. The van der Waals surface area contributed by atoms with Gasteiger partial charge in [0.1, 0.15) is 22.8 Å². The van der Waals surface area contributed by atoms with Gasteiger partial charge in [0.05, 0.1) is 34.3 Å². The largest absolute Gasteiger partial charge is 0.382 e. The van der Waals surface area contributed by atoms with Gasteiger partial charge < -0.3 is 40.3 Å². The Morgan fingerprint density at radius 1 is 0.692 bits per heavy atom. The van der Waals surface area contributed by atoms with E-state index in [0.29, 0.717) is 83.5 Å². The molecule has 8 N–H and O–H groups in total. The van der Waals surface area contributed by atoms with Crippen LogP contribution in [0.2, 0.25) is 0 Å². The second-order valence-corrected chi connectivity index (χ2v) is 15.9. The number of hydrogen-bond donors (Lipinski definition) is 8. The summed E-state index contributed by atoms with van der Waals surface area (Å²) in [6.07, 6.45) is 8.07. The van der Waals surface area contributed by atoms with Crippen LogP contribution in [0.3, 0.4) is 0 Å². The number of nitrogens with zero attached hydrogens (tertiary/aromatic N) is 6. The number of fused-ring (bicyclic) bond motifs is 2. The molecular weight excluding hydrogens is 843 g/mol. The zero-order chi connectivity index (χ0) is 46.3. The van der Waals surface area contributed by atoms with Crippen molar-refractivity contribution in [3.05, 3.63) is 71.3 Å². The molecule has 2 aliphatic heterocycles. The Hall–Kier alpha value is -6.22. The Bertz CT molecular complexity index is 2380. The topological polar surface area (TPSA) is 250 Å². The van der Waals surface area contributed by atoms with Crippen LogP contribution < -0.4 is 21.3 Å². The summed E-state index contributed by atoms with van der Waals surface area (Å²) >= 11 is 0. The van der Waals surface area contributed by atoms with Gasteiger partial charge in [0.15, 0.2) is 11.6 Å². The van der Waals surface area contributed by atoms with Crippen LogP contribution in [0.15, 0.2) is 36.9 Å². The fourth-order valence-corrected chi connectivity index (χ4v) is 7.23. The highest BCUT2D eigenvalue weighted by Gasteiger charge is 2.31. The Kier molecular flexibility index (Phi) is 16.2. The average Bonchev–Trinajstić information content (AvgIpc) is 4.10. The molecule has 2 fully saturated rings. The Morgan fingerprint density at radius 2 is 1.05 bits per heavy atom. The summed E-state index contributed by atoms with van der Waals surface area (Å²) in [5.41, 5.74) is 1.71. The molecule has 0 spiro atoms. The monoisotopic (exact) mass is 902 g/mol. The number of imidazole rings is 2. The van der Waals surface area contributed by atoms with Crippen LogP contribution in [0.1, 0.15) is 123 Å². The molecule has 2 atom stereocenters. The Labute approximate surface area is 376 Å². The molecule has 4 aromatic heterocycles. The van der Waals surface area contributed by atoms with Crippen molar-refractivity contribution in [3.63, 3.8) is 0 Å². The zero-order valence-electron chi connectivity index (χ0n) is 37.2. The van der Waals surface area contributed by atoms with E-state index in [1.165, 1.54) is 24.8 Å². The number of urea groups is 2. The molecule has 350 valence electrons. The minimum atomic E-state index is -1.20. The van der Waals surface area contributed by atoms with Gasteiger partial charge in [-0.2, -0.15) is 0 Å². The van der Waals surface area contributed by atoms with Crippen LogP contribution in [0.25, 0.3) is 44.3 Å². The molecule has 6 heterocycles. The predicted octanol–water partition coefficient (Wildman–Crippen LogP) is 8.42. The summed E-state index contributed by atoms with van der Waals surface area (Å²) in [6, 6.07) is 2.41. The SMILES string of the molecule is C.CC.CCNC(=O)Nc1nc2c([C@H]3CCCO3)c(F)c(-c3cnc(C(C)(C)O)nc3)cc2[nH]1.CCNC(=O)Nc1nc2c([C@H]3CCCO3)c(F)c(-c3cnc(C(C)(C)O)nc3)cc2[nH]1. The molecule has 0 saturated carbocycles. The number of amides is 4. The zero-order valence-corrected chi connectivity index (χ0v) is 37.2. The number of anilines is 2. The van der Waals surface area contributed by atoms with E-state index in [4.69, 9.17) is 9.47 Å². The number of nitrogens with one attached hydrogen (secondary N) is 6. The van der Waals surface area contributed by atoms with Crippen molar-refractivity contribution in [2.24, 2.45) is 0 Å². The number of ether oxygens (including phenoxy) is 2. The number of aromatic amines is 2. The third-order valence-corrected chi connectivity index (χ3v) is 10.2. The second-order valence-electron chi connectivity index (χ2n) is 15.9. The van der Waals surface area contributed by atoms with Crippen molar-refractivity contribution in [2.45, 2.75) is 112 Å². The van der Waals surface area contributed by atoms with Gasteiger partial charge in [0.2, 0.25) is 11.9 Å². The van der Waals surface area contributed by atoms with Crippen LogP contribution in [0.4, 0.5) is 30.3 Å². The second kappa shape index (κ2) is 21.2. The first-order valence-corrected chi connectivity index (χ1v) is 21.4. The summed E-state index contributed by atoms with van der Waals surface area (Å²) in [7, 11) is 0. The summed E-state index contributed by atoms with van der Waals surface area (Å²) in [5.74, 6) is -0.0139. The molecule has 18 nitrogen and oxygen atoms in total. The van der Waals surface area contributed by atoms with Crippen molar-refractivity contribution < 1.29 is 38.1 Å². The summed E-state index contributed by atoms with van der Waals surface area (Å²) in [5, 5.41) is 30.7. The lowest BCUT2D eigenvalue weighted by atomic mass is 9.98. The van der Waals surface area contributed by atoms with Crippen molar-refractivity contribution in [2.75, 3.05) is 36.9 Å². The number of benzene rings is 2. The standard InChI is InChI=1S/2C21H25FN6O3.C2H6.CH4/c2*1-4-23-20(29)28-19-26-13-8-12(11-9-24-18(25-10-11)21(2,3)30)16(22)15(17(13)27-19)14-6-5-7-31-14;1-2;/h2*8-10,14,30H,4-7H2,1-3H3,(H3,23,26,27,28,29);1-2H3;1H4/t2*14-;;/m11../s1. The maximum absolute atomic E-state index is 15.7. The normalized spacial score (nSPS) is 15.9. The van der Waals surface area contributed by atoms with Gasteiger partial charge in [-0.15, -0.1) is 0 Å². The highest BCUT2D eigenvalue weighted by Crippen LogP contribution is 2.41. The number of H-pyrrole nitrogens is 2. The first kappa shape index (κ1) is 49.8. The Morgan fingerprint density at radius 3 is 1.34 bits per heavy atom. The van der Waals surface area contributed by atoms with E-state index < -0.39 is 47.1 Å². The van der Waals surface area contributed by atoms with Crippen molar-refractivity contribution in [1.82, 2.24) is 50.5 Å². The van der Waals surface area contributed by atoms with Gasteiger partial charge in [-0.3, -0.25) is 10.6 Å². The van der Waals surface area contributed by atoms with E-state index in [-0.39, 0.29) is 42.1 Å². The molecule has 4 amide bonds. The highest BCUT2D eigenvalue weighted by atomic mass is 19.1. The van der Waals surface area contributed by atoms with E-state index in [0.717, 1.165) is 12.8 Å². The van der Waals surface area contributed by atoms with Gasteiger partial charge in [0, 0.05) is 84.5 Å². The van der Waals surface area contributed by atoms with E-state index >= 15 is 8.78 Å². The number of carbonyl (C=O) groups excluding carboxylic acids is 2. The van der Waals surface area contributed by atoms with Crippen molar-refractivity contribution >= 4 is 46.0 Å². The molecule has 0 radical (unpaired) electrons. The van der Waals surface area contributed by atoms with Crippen LogP contribution in [0, 0.1) is 11.6 Å². The van der Waals surface area contributed by atoms with Crippen molar-refractivity contribution in [1.29, 1.82) is 0 Å².